The summed E-state index contributed by atoms with van der Waals surface area (Å²) in [5.74, 6) is 0.373. The molecule has 4 nitrogen and oxygen atoms in total. The van der Waals surface area contributed by atoms with Gasteiger partial charge in [0.1, 0.15) is 5.75 Å². The van der Waals surface area contributed by atoms with Crippen molar-refractivity contribution in [1.29, 1.82) is 0 Å². The van der Waals surface area contributed by atoms with Crippen molar-refractivity contribution in [2.75, 3.05) is 11.1 Å². The van der Waals surface area contributed by atoms with Gasteiger partial charge in [-0.2, -0.15) is 0 Å². The van der Waals surface area contributed by atoms with Gasteiger partial charge >= 0.3 is 0 Å². The van der Waals surface area contributed by atoms with Crippen molar-refractivity contribution in [1.82, 2.24) is 0 Å². The van der Waals surface area contributed by atoms with Crippen LogP contribution in [0.25, 0.3) is 0 Å². The monoisotopic (exact) mass is 322 g/mol. The molecule has 0 bridgehead atoms. The zero-order chi connectivity index (χ0) is 15.0. The van der Waals surface area contributed by atoms with Gasteiger partial charge in [-0.1, -0.05) is 29.3 Å². The van der Waals surface area contributed by atoms with E-state index < -0.39 is 6.10 Å². The fourth-order valence-electron chi connectivity index (χ4n) is 2.17. The molecule has 21 heavy (non-hydrogen) atoms. The van der Waals surface area contributed by atoms with E-state index in [0.29, 0.717) is 33.6 Å². The fourth-order valence-corrected chi connectivity index (χ4v) is 2.50. The molecule has 1 unspecified atom stereocenters. The molecule has 6 heteroatoms. The van der Waals surface area contributed by atoms with Gasteiger partial charge in [-0.25, -0.2) is 0 Å². The summed E-state index contributed by atoms with van der Waals surface area (Å²) in [7, 11) is 0. The Labute approximate surface area is 131 Å². The maximum Gasteiger partial charge on any atom is 0.265 e. The van der Waals surface area contributed by atoms with Crippen molar-refractivity contribution in [2.45, 2.75) is 12.5 Å². The third-order valence-corrected chi connectivity index (χ3v) is 3.97. The van der Waals surface area contributed by atoms with E-state index in [4.69, 9.17) is 33.7 Å². The lowest BCUT2D eigenvalue weighted by atomic mass is 10.1. The maximum absolute atomic E-state index is 12.1. The number of nitrogen functional groups attached to an aromatic ring is 1. The average Bonchev–Trinajstić information content (AvgIpc) is 2.44. The summed E-state index contributed by atoms with van der Waals surface area (Å²) < 4.78 is 5.73. The van der Waals surface area contributed by atoms with Crippen LogP contribution in [0.5, 0.6) is 5.75 Å². The van der Waals surface area contributed by atoms with Crippen molar-refractivity contribution in [3.63, 3.8) is 0 Å². The van der Waals surface area contributed by atoms with Gasteiger partial charge in [0.2, 0.25) is 0 Å². The highest BCUT2D eigenvalue weighted by Crippen LogP contribution is 2.32. The highest BCUT2D eigenvalue weighted by Gasteiger charge is 2.28. The van der Waals surface area contributed by atoms with E-state index in [-0.39, 0.29) is 5.91 Å². The number of carbonyl (C=O) groups excluding carboxylic acids is 1. The summed E-state index contributed by atoms with van der Waals surface area (Å²) >= 11 is 11.9. The predicted molar refractivity (Wildman–Crippen MR) is 84.1 cm³/mol. The minimum absolute atomic E-state index is 0.196. The lowest BCUT2D eigenvalue weighted by Gasteiger charge is -2.26. The number of nitrogens with one attached hydrogen (secondary N) is 1. The van der Waals surface area contributed by atoms with Gasteiger partial charge < -0.3 is 15.8 Å². The molecule has 0 aromatic heterocycles. The molecule has 0 saturated heterocycles. The maximum atomic E-state index is 12.1. The summed E-state index contributed by atoms with van der Waals surface area (Å²) in [5, 5.41) is 3.74. The Kier molecular flexibility index (Phi) is 3.66. The van der Waals surface area contributed by atoms with Gasteiger partial charge in [0, 0.05) is 18.2 Å². The second kappa shape index (κ2) is 5.47. The highest BCUT2D eigenvalue weighted by molar-refractivity contribution is 6.42. The van der Waals surface area contributed by atoms with Crippen molar-refractivity contribution in [2.24, 2.45) is 0 Å². The zero-order valence-electron chi connectivity index (χ0n) is 10.9. The number of benzene rings is 2. The number of anilines is 2. The fraction of sp³-hybridized carbons (Fsp3) is 0.133. The van der Waals surface area contributed by atoms with Crippen LogP contribution in [0.3, 0.4) is 0 Å². The largest absolute Gasteiger partial charge is 0.478 e. The zero-order valence-corrected chi connectivity index (χ0v) is 12.4. The Morgan fingerprint density at radius 2 is 1.95 bits per heavy atom. The molecular formula is C15H12Cl2N2O2. The van der Waals surface area contributed by atoms with Crippen LogP contribution in [0.15, 0.2) is 36.4 Å². The van der Waals surface area contributed by atoms with Gasteiger partial charge in [0.25, 0.3) is 5.91 Å². The van der Waals surface area contributed by atoms with E-state index in [1.54, 1.807) is 30.3 Å². The first-order valence-electron chi connectivity index (χ1n) is 6.34. The summed E-state index contributed by atoms with van der Waals surface area (Å²) in [6.07, 6.45) is -0.228. The first-order chi connectivity index (χ1) is 10.0. The molecule has 1 aliphatic heterocycles. The van der Waals surface area contributed by atoms with Crippen LogP contribution in [0.4, 0.5) is 11.4 Å². The Bertz CT molecular complexity index is 719. The smallest absolute Gasteiger partial charge is 0.265 e. The van der Waals surface area contributed by atoms with Crippen LogP contribution in [0, 0.1) is 0 Å². The Balaban J connectivity index is 1.83. The van der Waals surface area contributed by atoms with E-state index in [9.17, 15) is 4.79 Å². The number of halogens is 2. The Morgan fingerprint density at radius 1 is 1.14 bits per heavy atom. The van der Waals surface area contributed by atoms with Crippen molar-refractivity contribution < 1.29 is 9.53 Å². The first-order valence-corrected chi connectivity index (χ1v) is 7.09. The molecule has 0 radical (unpaired) electrons. The SMILES string of the molecule is Nc1ccc2c(c1)OC(Cc1ccc(Cl)c(Cl)c1)C(=O)N2. The lowest BCUT2D eigenvalue weighted by molar-refractivity contribution is -0.123. The number of ether oxygens (including phenoxy) is 1. The van der Waals surface area contributed by atoms with E-state index in [1.165, 1.54) is 0 Å². The number of hydrogen-bond donors (Lipinski definition) is 2. The minimum atomic E-state index is -0.628. The van der Waals surface area contributed by atoms with Gasteiger partial charge in [-0.3, -0.25) is 4.79 Å². The molecule has 2 aromatic carbocycles. The molecule has 2 aromatic rings. The molecule has 1 atom stereocenters. The van der Waals surface area contributed by atoms with Gasteiger partial charge in [-0.15, -0.1) is 0 Å². The summed E-state index contributed by atoms with van der Waals surface area (Å²) in [6, 6.07) is 10.4. The molecule has 108 valence electrons. The molecule has 1 aliphatic rings. The number of fused-ring (bicyclic) bond motifs is 1. The third-order valence-electron chi connectivity index (χ3n) is 3.23. The molecule has 0 saturated carbocycles. The topological polar surface area (TPSA) is 64.3 Å². The standard InChI is InChI=1S/C15H12Cl2N2O2/c16-10-3-1-8(5-11(10)17)6-14-15(20)19-12-4-2-9(18)7-13(12)21-14/h1-5,7,14H,6,18H2,(H,19,20). The van der Waals surface area contributed by atoms with Gasteiger partial charge in [0.05, 0.1) is 15.7 Å². The molecule has 1 heterocycles. The van der Waals surface area contributed by atoms with Crippen LogP contribution in [0.1, 0.15) is 5.56 Å². The van der Waals surface area contributed by atoms with Crippen molar-refractivity contribution in [3.05, 3.63) is 52.0 Å². The van der Waals surface area contributed by atoms with Crippen molar-refractivity contribution >= 4 is 40.5 Å². The van der Waals surface area contributed by atoms with Crippen LogP contribution in [-0.2, 0) is 11.2 Å². The van der Waals surface area contributed by atoms with Gasteiger partial charge in [-0.05, 0) is 29.8 Å². The highest BCUT2D eigenvalue weighted by atomic mass is 35.5. The molecular weight excluding hydrogens is 311 g/mol. The van der Waals surface area contributed by atoms with E-state index >= 15 is 0 Å². The number of nitrogens with two attached hydrogens (primary N) is 1. The second-order valence-corrected chi connectivity index (χ2v) is 5.62. The van der Waals surface area contributed by atoms with Crippen molar-refractivity contribution in [3.8, 4) is 5.75 Å². The molecule has 1 amide bonds. The lowest BCUT2D eigenvalue weighted by Crippen LogP contribution is -2.38. The number of carbonyl (C=O) groups is 1. The van der Waals surface area contributed by atoms with Crippen LogP contribution < -0.4 is 15.8 Å². The average molecular weight is 323 g/mol. The summed E-state index contributed by atoms with van der Waals surface area (Å²) in [5.41, 5.74) is 7.80. The summed E-state index contributed by atoms with van der Waals surface area (Å²) in [6.45, 7) is 0. The van der Waals surface area contributed by atoms with Crippen LogP contribution in [-0.4, -0.2) is 12.0 Å². The Morgan fingerprint density at radius 3 is 2.71 bits per heavy atom. The minimum Gasteiger partial charge on any atom is -0.478 e. The number of amides is 1. The molecule has 0 aliphatic carbocycles. The number of rotatable bonds is 2. The van der Waals surface area contributed by atoms with Crippen LogP contribution in [0.2, 0.25) is 10.0 Å². The molecule has 3 rings (SSSR count). The Hall–Kier alpha value is -1.91. The summed E-state index contributed by atoms with van der Waals surface area (Å²) in [4.78, 5) is 12.1. The van der Waals surface area contributed by atoms with Crippen LogP contribution >= 0.6 is 23.2 Å². The quantitative estimate of drug-likeness (QED) is 0.831. The van der Waals surface area contributed by atoms with Gasteiger partial charge in [0.15, 0.2) is 6.10 Å². The normalized spacial score (nSPS) is 16.9. The molecule has 3 N–H and O–H groups in total. The third kappa shape index (κ3) is 2.91. The molecule has 0 fully saturated rings. The second-order valence-electron chi connectivity index (χ2n) is 4.80. The predicted octanol–water partition coefficient (Wildman–Crippen LogP) is 3.52. The van der Waals surface area contributed by atoms with E-state index in [2.05, 4.69) is 5.32 Å². The van der Waals surface area contributed by atoms with E-state index in [1.807, 2.05) is 6.07 Å². The first kappa shape index (κ1) is 14.0. The molecule has 0 spiro atoms. The van der Waals surface area contributed by atoms with E-state index in [0.717, 1.165) is 5.56 Å². The number of hydrogen-bond acceptors (Lipinski definition) is 3.